The minimum atomic E-state index is 0.209. The zero-order chi connectivity index (χ0) is 13.3. The summed E-state index contributed by atoms with van der Waals surface area (Å²) in [7, 11) is 0. The third-order valence-electron chi connectivity index (χ3n) is 4.03. The molecule has 2 N–H and O–H groups in total. The van der Waals surface area contributed by atoms with Crippen LogP contribution >= 0.6 is 11.6 Å². The number of nitrogens with two attached hydrogens (primary N) is 1. The minimum Gasteiger partial charge on any atom is -0.367 e. The molecule has 2 rings (SSSR count). The first kappa shape index (κ1) is 14.0. The van der Waals surface area contributed by atoms with E-state index in [1.54, 1.807) is 5.57 Å². The van der Waals surface area contributed by atoms with E-state index in [-0.39, 0.29) is 6.04 Å². The van der Waals surface area contributed by atoms with Crippen molar-refractivity contribution in [3.05, 3.63) is 22.4 Å². The van der Waals surface area contributed by atoms with Gasteiger partial charge in [0.2, 0.25) is 0 Å². The van der Waals surface area contributed by atoms with Gasteiger partial charge in [-0.05, 0) is 43.8 Å². The molecule has 2 nitrogen and oxygen atoms in total. The Kier molecular flexibility index (Phi) is 4.39. The Morgan fingerprint density at radius 1 is 1.50 bits per heavy atom. The molecule has 1 heterocycles. The van der Waals surface area contributed by atoms with E-state index in [1.165, 1.54) is 25.0 Å². The second-order valence-electron chi connectivity index (χ2n) is 5.88. The largest absolute Gasteiger partial charge is 0.367 e. The van der Waals surface area contributed by atoms with Crippen LogP contribution in [0.25, 0.3) is 0 Å². The molecular formula is C15H25ClN2. The summed E-state index contributed by atoms with van der Waals surface area (Å²) in [4.78, 5) is 2.50. The average molecular weight is 269 g/mol. The van der Waals surface area contributed by atoms with Gasteiger partial charge in [0, 0.05) is 29.4 Å². The number of hydrogen-bond acceptors (Lipinski definition) is 2. The first-order chi connectivity index (χ1) is 8.52. The maximum absolute atomic E-state index is 6.27. The monoisotopic (exact) mass is 268 g/mol. The normalized spacial score (nSPS) is 29.4. The van der Waals surface area contributed by atoms with Crippen LogP contribution < -0.4 is 5.73 Å². The van der Waals surface area contributed by atoms with Crippen LogP contribution in [0.5, 0.6) is 0 Å². The van der Waals surface area contributed by atoms with Crippen LogP contribution in [0.2, 0.25) is 0 Å². The zero-order valence-corrected chi connectivity index (χ0v) is 12.5. The smallest absolute Gasteiger partial charge is 0.0376 e. The minimum absolute atomic E-state index is 0.209. The fourth-order valence-electron chi connectivity index (χ4n) is 3.25. The van der Waals surface area contributed by atoms with Crippen molar-refractivity contribution in [1.82, 2.24) is 4.90 Å². The quantitative estimate of drug-likeness (QED) is 0.844. The summed E-state index contributed by atoms with van der Waals surface area (Å²) in [6, 6.07) is 0.841. The lowest BCUT2D eigenvalue weighted by Gasteiger charge is -2.31. The van der Waals surface area contributed by atoms with E-state index >= 15 is 0 Å². The van der Waals surface area contributed by atoms with Crippen LogP contribution in [0, 0.1) is 5.92 Å². The molecule has 0 aromatic rings. The van der Waals surface area contributed by atoms with Crippen molar-refractivity contribution in [2.75, 3.05) is 6.54 Å². The molecule has 0 spiro atoms. The van der Waals surface area contributed by atoms with Gasteiger partial charge in [-0.25, -0.2) is 0 Å². The van der Waals surface area contributed by atoms with E-state index in [4.69, 9.17) is 17.3 Å². The Labute approximate surface area is 116 Å². The molecule has 0 saturated heterocycles. The van der Waals surface area contributed by atoms with Crippen molar-refractivity contribution in [3.8, 4) is 0 Å². The Morgan fingerprint density at radius 3 is 2.83 bits per heavy atom. The molecule has 0 aromatic carbocycles. The summed E-state index contributed by atoms with van der Waals surface area (Å²) in [5.41, 5.74) is 8.97. The Morgan fingerprint density at radius 2 is 2.22 bits per heavy atom. The van der Waals surface area contributed by atoms with Crippen molar-refractivity contribution in [2.24, 2.45) is 11.7 Å². The molecule has 0 amide bonds. The van der Waals surface area contributed by atoms with Gasteiger partial charge < -0.3 is 10.6 Å². The third-order valence-corrected chi connectivity index (χ3v) is 4.29. The molecule has 3 heteroatoms. The molecule has 0 bridgehead atoms. The van der Waals surface area contributed by atoms with Gasteiger partial charge in [-0.15, -0.1) is 0 Å². The highest BCUT2D eigenvalue weighted by Crippen LogP contribution is 2.42. The maximum atomic E-state index is 6.27. The van der Waals surface area contributed by atoms with Gasteiger partial charge in [0.15, 0.2) is 0 Å². The van der Waals surface area contributed by atoms with Crippen LogP contribution in [0.1, 0.15) is 46.5 Å². The van der Waals surface area contributed by atoms with E-state index in [1.807, 2.05) is 0 Å². The molecular weight excluding hydrogens is 244 g/mol. The Bertz CT molecular complexity index is 371. The summed E-state index contributed by atoms with van der Waals surface area (Å²) < 4.78 is 0. The number of halogens is 1. The second-order valence-corrected chi connectivity index (χ2v) is 6.37. The summed E-state index contributed by atoms with van der Waals surface area (Å²) in [5.74, 6) is 0.593. The summed E-state index contributed by atoms with van der Waals surface area (Å²) in [6.07, 6.45) is 6.86. The van der Waals surface area contributed by atoms with Crippen molar-refractivity contribution < 1.29 is 0 Å². The van der Waals surface area contributed by atoms with E-state index in [2.05, 4.69) is 31.7 Å². The fraction of sp³-hybridized carbons (Fsp3) is 0.733. The van der Waals surface area contributed by atoms with E-state index in [0.29, 0.717) is 12.0 Å². The highest BCUT2D eigenvalue weighted by atomic mass is 35.5. The highest BCUT2D eigenvalue weighted by Gasteiger charge is 2.34. The molecule has 0 fully saturated rings. The zero-order valence-electron chi connectivity index (χ0n) is 11.7. The van der Waals surface area contributed by atoms with Gasteiger partial charge in [-0.2, -0.15) is 0 Å². The van der Waals surface area contributed by atoms with Crippen LogP contribution in [-0.4, -0.2) is 23.5 Å². The number of hydrogen-bond donors (Lipinski definition) is 1. The van der Waals surface area contributed by atoms with Crippen molar-refractivity contribution >= 4 is 11.6 Å². The molecule has 2 aliphatic rings. The standard InChI is InChI=1S/C15H25ClN2/c1-4-5-13-8-14-10(2)6-12(16)7-15(14)18(13)9-11(3)17/h7,10-11,13H,4-6,8-9,17H2,1-3H3/t10?,11-,13-/m0/s1. The average Bonchev–Trinajstić information content (AvgIpc) is 2.58. The van der Waals surface area contributed by atoms with Gasteiger partial charge in [0.05, 0.1) is 0 Å². The van der Waals surface area contributed by atoms with Crippen molar-refractivity contribution in [3.63, 3.8) is 0 Å². The molecule has 18 heavy (non-hydrogen) atoms. The summed E-state index contributed by atoms with van der Waals surface area (Å²) >= 11 is 6.27. The van der Waals surface area contributed by atoms with Crippen LogP contribution in [0.3, 0.4) is 0 Å². The molecule has 0 saturated carbocycles. The molecule has 1 unspecified atom stereocenters. The summed E-state index contributed by atoms with van der Waals surface area (Å²) in [6.45, 7) is 7.58. The SMILES string of the molecule is CCC[C@H]1CC2=C(C=C(Cl)CC2C)N1C[C@H](C)N. The molecule has 102 valence electrons. The lowest BCUT2D eigenvalue weighted by molar-refractivity contribution is 0.258. The predicted octanol–water partition coefficient (Wildman–Crippen LogP) is 3.62. The highest BCUT2D eigenvalue weighted by molar-refractivity contribution is 6.29. The Balaban J connectivity index is 2.25. The van der Waals surface area contributed by atoms with Gasteiger partial charge >= 0.3 is 0 Å². The van der Waals surface area contributed by atoms with Crippen molar-refractivity contribution in [1.29, 1.82) is 0 Å². The Hall–Kier alpha value is -0.470. The molecule has 0 aromatic heterocycles. The van der Waals surface area contributed by atoms with E-state index in [9.17, 15) is 0 Å². The first-order valence-electron chi connectivity index (χ1n) is 7.14. The summed E-state index contributed by atoms with van der Waals surface area (Å²) in [5, 5.41) is 0.994. The topological polar surface area (TPSA) is 29.3 Å². The number of allylic oxidation sites excluding steroid dienone is 2. The van der Waals surface area contributed by atoms with Crippen molar-refractivity contribution in [2.45, 2.75) is 58.5 Å². The van der Waals surface area contributed by atoms with Gasteiger partial charge in [0.1, 0.15) is 0 Å². The third kappa shape index (κ3) is 2.75. The van der Waals surface area contributed by atoms with E-state index < -0.39 is 0 Å². The first-order valence-corrected chi connectivity index (χ1v) is 7.52. The lowest BCUT2D eigenvalue weighted by atomic mass is 9.89. The number of nitrogens with zero attached hydrogens (tertiary/aromatic N) is 1. The number of rotatable bonds is 4. The predicted molar refractivity (Wildman–Crippen MR) is 78.4 cm³/mol. The molecule has 1 aliphatic carbocycles. The molecule has 0 radical (unpaired) electrons. The van der Waals surface area contributed by atoms with E-state index in [0.717, 1.165) is 18.0 Å². The van der Waals surface area contributed by atoms with Crippen LogP contribution in [0.15, 0.2) is 22.4 Å². The fourth-order valence-corrected chi connectivity index (χ4v) is 3.59. The second kappa shape index (κ2) is 5.66. The van der Waals surface area contributed by atoms with Gasteiger partial charge in [0.25, 0.3) is 0 Å². The molecule has 1 aliphatic heterocycles. The maximum Gasteiger partial charge on any atom is 0.0376 e. The van der Waals surface area contributed by atoms with Gasteiger partial charge in [-0.3, -0.25) is 0 Å². The molecule has 3 atom stereocenters. The van der Waals surface area contributed by atoms with Crippen LogP contribution in [0.4, 0.5) is 0 Å². The van der Waals surface area contributed by atoms with Gasteiger partial charge in [-0.1, -0.05) is 31.9 Å². The lowest BCUT2D eigenvalue weighted by Crippen LogP contribution is -2.38. The van der Waals surface area contributed by atoms with Crippen LogP contribution in [-0.2, 0) is 0 Å².